The van der Waals surface area contributed by atoms with E-state index in [1.807, 2.05) is 54.2 Å². The van der Waals surface area contributed by atoms with E-state index in [1.54, 1.807) is 0 Å². The van der Waals surface area contributed by atoms with Gasteiger partial charge in [-0.2, -0.15) is 0 Å². The van der Waals surface area contributed by atoms with Gasteiger partial charge < -0.3 is 19.5 Å². The fourth-order valence-electron chi connectivity index (χ4n) is 3.76. The van der Waals surface area contributed by atoms with Gasteiger partial charge in [-0.3, -0.25) is 0 Å². The van der Waals surface area contributed by atoms with E-state index in [1.165, 1.54) is 0 Å². The molecule has 36 heavy (non-hydrogen) atoms. The number of H-pyrrole nitrogens is 1. The third kappa shape index (κ3) is 6.86. The highest BCUT2D eigenvalue weighted by molar-refractivity contribution is 5.83. The van der Waals surface area contributed by atoms with Gasteiger partial charge in [-0.1, -0.05) is 67.3 Å². The summed E-state index contributed by atoms with van der Waals surface area (Å²) in [5.41, 5.74) is 8.12. The predicted molar refractivity (Wildman–Crippen MR) is 155 cm³/mol. The standard InChI is InChI=1S/C31H38N4O/c1-8-27(34(4)5)19-12-23(3)29-30(25-17-20-28(21-18-25)35(6)7)33-31(32-29)26-15-13-24(14-16-26)11-10-22-36-9-2/h8,10-21H,3,9,22H2,1-2,4-7H3,(H,32,33)/b11-10+,19-12-,27-8+. The number of aromatic amines is 1. The molecule has 1 aromatic heterocycles. The lowest BCUT2D eigenvalue weighted by molar-refractivity contribution is 0.178. The lowest BCUT2D eigenvalue weighted by Gasteiger charge is -2.13. The smallest absolute Gasteiger partial charge is 0.138 e. The minimum Gasteiger partial charge on any atom is -0.378 e. The Kier molecular flexibility index (Phi) is 9.48. The average Bonchev–Trinajstić information content (AvgIpc) is 3.33. The van der Waals surface area contributed by atoms with E-state index in [0.29, 0.717) is 6.61 Å². The highest BCUT2D eigenvalue weighted by Gasteiger charge is 2.15. The van der Waals surface area contributed by atoms with Crippen LogP contribution in [0.4, 0.5) is 5.69 Å². The third-order valence-corrected chi connectivity index (χ3v) is 5.86. The first-order chi connectivity index (χ1) is 17.3. The Bertz CT molecular complexity index is 1230. The summed E-state index contributed by atoms with van der Waals surface area (Å²) in [6.45, 7) is 9.73. The average molecular weight is 483 g/mol. The summed E-state index contributed by atoms with van der Waals surface area (Å²) in [5.74, 6) is 0.815. The molecule has 3 aromatic rings. The molecule has 2 aromatic carbocycles. The predicted octanol–water partition coefficient (Wildman–Crippen LogP) is 6.89. The Morgan fingerprint density at radius 1 is 0.972 bits per heavy atom. The van der Waals surface area contributed by atoms with Crippen molar-refractivity contribution in [3.8, 4) is 22.6 Å². The van der Waals surface area contributed by atoms with Gasteiger partial charge in [0.05, 0.1) is 18.0 Å². The fraction of sp³-hybridized carbons (Fsp3) is 0.258. The fourth-order valence-corrected chi connectivity index (χ4v) is 3.76. The lowest BCUT2D eigenvalue weighted by atomic mass is 10.1. The zero-order valence-electron chi connectivity index (χ0n) is 22.4. The van der Waals surface area contributed by atoms with Crippen LogP contribution in [0.15, 0.2) is 85.1 Å². The van der Waals surface area contributed by atoms with Crippen LogP contribution in [0.2, 0.25) is 0 Å². The number of hydrogen-bond donors (Lipinski definition) is 1. The molecule has 1 heterocycles. The number of allylic oxidation sites excluding steroid dienone is 4. The van der Waals surface area contributed by atoms with Gasteiger partial charge in [0.2, 0.25) is 0 Å². The second kappa shape index (κ2) is 12.8. The van der Waals surface area contributed by atoms with Gasteiger partial charge in [0.15, 0.2) is 0 Å². The molecule has 0 aliphatic rings. The van der Waals surface area contributed by atoms with Crippen LogP contribution in [0.3, 0.4) is 0 Å². The number of ether oxygens (including phenoxy) is 1. The van der Waals surface area contributed by atoms with Crippen LogP contribution >= 0.6 is 0 Å². The molecule has 0 aliphatic carbocycles. The summed E-state index contributed by atoms with van der Waals surface area (Å²) in [4.78, 5) is 12.7. The molecule has 0 atom stereocenters. The summed E-state index contributed by atoms with van der Waals surface area (Å²) in [6, 6.07) is 16.8. The number of anilines is 1. The Morgan fingerprint density at radius 2 is 1.64 bits per heavy atom. The lowest BCUT2D eigenvalue weighted by Crippen LogP contribution is -2.08. The molecule has 0 unspecified atom stereocenters. The van der Waals surface area contributed by atoms with Gasteiger partial charge in [-0.05, 0) is 43.2 Å². The SMILES string of the molecule is C=C(/C=C\C(=C/C)N(C)C)c1[nH]c(-c2ccc(/C=C/COCC)cc2)nc1-c1ccc(N(C)C)cc1. The number of likely N-dealkylation sites (N-methyl/N-ethyl adjacent to an activating group) is 1. The van der Waals surface area contributed by atoms with E-state index in [9.17, 15) is 0 Å². The molecule has 0 bridgehead atoms. The van der Waals surface area contributed by atoms with E-state index in [4.69, 9.17) is 9.72 Å². The second-order valence-electron chi connectivity index (χ2n) is 8.90. The highest BCUT2D eigenvalue weighted by Crippen LogP contribution is 2.32. The molecule has 0 saturated heterocycles. The van der Waals surface area contributed by atoms with Crippen LogP contribution in [-0.4, -0.2) is 56.3 Å². The number of rotatable bonds is 11. The van der Waals surface area contributed by atoms with Crippen molar-refractivity contribution in [2.24, 2.45) is 0 Å². The van der Waals surface area contributed by atoms with E-state index in [0.717, 1.165) is 57.5 Å². The first-order valence-corrected chi connectivity index (χ1v) is 12.3. The quantitative estimate of drug-likeness (QED) is 0.239. The number of nitrogens with zero attached hydrogens (tertiary/aromatic N) is 3. The maximum absolute atomic E-state index is 5.38. The van der Waals surface area contributed by atoms with Crippen LogP contribution in [0, 0.1) is 0 Å². The summed E-state index contributed by atoms with van der Waals surface area (Å²) >= 11 is 0. The molecular formula is C31H38N4O. The highest BCUT2D eigenvalue weighted by atomic mass is 16.5. The van der Waals surface area contributed by atoms with Crippen LogP contribution < -0.4 is 4.90 Å². The van der Waals surface area contributed by atoms with Gasteiger partial charge in [0.25, 0.3) is 0 Å². The molecule has 0 aliphatic heterocycles. The minimum absolute atomic E-state index is 0.619. The first kappa shape index (κ1) is 26.8. The Hall–Kier alpha value is -3.83. The molecule has 3 rings (SSSR count). The van der Waals surface area contributed by atoms with E-state index in [2.05, 4.69) is 88.1 Å². The van der Waals surface area contributed by atoms with Crippen molar-refractivity contribution in [2.45, 2.75) is 13.8 Å². The molecule has 5 heteroatoms. The largest absolute Gasteiger partial charge is 0.378 e. The molecule has 5 nitrogen and oxygen atoms in total. The normalized spacial score (nSPS) is 12.0. The summed E-state index contributed by atoms with van der Waals surface area (Å²) in [6.07, 6.45) is 10.3. The topological polar surface area (TPSA) is 44.4 Å². The molecular weight excluding hydrogens is 444 g/mol. The Balaban J connectivity index is 1.97. The van der Waals surface area contributed by atoms with Crippen molar-refractivity contribution in [1.29, 1.82) is 0 Å². The van der Waals surface area contributed by atoms with Crippen LogP contribution in [0.5, 0.6) is 0 Å². The van der Waals surface area contributed by atoms with Crippen molar-refractivity contribution in [3.05, 3.63) is 96.4 Å². The van der Waals surface area contributed by atoms with E-state index >= 15 is 0 Å². The van der Waals surface area contributed by atoms with Crippen molar-refractivity contribution in [3.63, 3.8) is 0 Å². The molecule has 0 radical (unpaired) electrons. The number of benzene rings is 2. The molecule has 0 fully saturated rings. The summed E-state index contributed by atoms with van der Waals surface area (Å²) in [5, 5.41) is 0. The summed E-state index contributed by atoms with van der Waals surface area (Å²) < 4.78 is 5.38. The Morgan fingerprint density at radius 3 is 2.22 bits per heavy atom. The molecule has 1 N–H and O–H groups in total. The van der Waals surface area contributed by atoms with Gasteiger partial charge in [0.1, 0.15) is 5.82 Å². The van der Waals surface area contributed by atoms with Crippen molar-refractivity contribution in [1.82, 2.24) is 14.9 Å². The van der Waals surface area contributed by atoms with E-state index in [-0.39, 0.29) is 0 Å². The van der Waals surface area contributed by atoms with E-state index < -0.39 is 0 Å². The van der Waals surface area contributed by atoms with Crippen LogP contribution in [0.1, 0.15) is 25.1 Å². The number of imidazole rings is 1. The zero-order valence-corrected chi connectivity index (χ0v) is 22.4. The maximum atomic E-state index is 5.38. The second-order valence-corrected chi connectivity index (χ2v) is 8.90. The van der Waals surface area contributed by atoms with Crippen molar-refractivity contribution in [2.75, 3.05) is 46.3 Å². The van der Waals surface area contributed by atoms with Gasteiger partial charge in [-0.15, -0.1) is 0 Å². The molecule has 0 amide bonds. The molecule has 0 spiro atoms. The van der Waals surface area contributed by atoms with Crippen LogP contribution in [-0.2, 0) is 4.74 Å². The first-order valence-electron chi connectivity index (χ1n) is 12.3. The number of aromatic nitrogens is 2. The molecule has 188 valence electrons. The third-order valence-electron chi connectivity index (χ3n) is 5.86. The monoisotopic (exact) mass is 482 g/mol. The van der Waals surface area contributed by atoms with Crippen molar-refractivity contribution >= 4 is 17.3 Å². The maximum Gasteiger partial charge on any atom is 0.138 e. The van der Waals surface area contributed by atoms with Gasteiger partial charge in [-0.25, -0.2) is 4.98 Å². The van der Waals surface area contributed by atoms with Crippen LogP contribution in [0.25, 0.3) is 34.3 Å². The van der Waals surface area contributed by atoms with Crippen molar-refractivity contribution < 1.29 is 4.74 Å². The van der Waals surface area contributed by atoms with Gasteiger partial charge in [0, 0.05) is 57.3 Å². The number of hydrogen-bond acceptors (Lipinski definition) is 4. The minimum atomic E-state index is 0.619. The number of nitrogens with one attached hydrogen (secondary N) is 1. The zero-order chi connectivity index (χ0) is 26.1. The molecule has 0 saturated carbocycles. The van der Waals surface area contributed by atoms with Gasteiger partial charge >= 0.3 is 0 Å². The Labute approximate surface area is 216 Å². The summed E-state index contributed by atoms with van der Waals surface area (Å²) in [7, 11) is 8.15.